The van der Waals surface area contributed by atoms with Crippen molar-refractivity contribution >= 4 is 11.7 Å². The highest BCUT2D eigenvalue weighted by atomic mass is 16.5. The summed E-state index contributed by atoms with van der Waals surface area (Å²) in [7, 11) is 0. The van der Waals surface area contributed by atoms with E-state index in [1.54, 1.807) is 6.92 Å². The predicted octanol–water partition coefficient (Wildman–Crippen LogP) is 4.97. The normalized spacial score (nSPS) is 11.9. The molecule has 0 saturated carbocycles. The fourth-order valence-electron chi connectivity index (χ4n) is 2.46. The number of nitrogens with one attached hydrogen (secondary N) is 2. The molecule has 2 aromatic rings. The van der Waals surface area contributed by atoms with Crippen LogP contribution in [0.5, 0.6) is 5.75 Å². The van der Waals surface area contributed by atoms with Gasteiger partial charge in [0.15, 0.2) is 6.23 Å². The van der Waals surface area contributed by atoms with Gasteiger partial charge in [-0.25, -0.2) is 4.79 Å². The number of hydrogen-bond donors (Lipinski definition) is 2. The lowest BCUT2D eigenvalue weighted by Crippen LogP contribution is -2.39. The van der Waals surface area contributed by atoms with Crippen molar-refractivity contribution in [1.29, 1.82) is 0 Å². The Morgan fingerprint density at radius 1 is 1.00 bits per heavy atom. The van der Waals surface area contributed by atoms with E-state index in [1.807, 2.05) is 56.3 Å². The molecule has 24 heavy (non-hydrogen) atoms. The van der Waals surface area contributed by atoms with Gasteiger partial charge >= 0.3 is 6.03 Å². The Kier molecular flexibility index (Phi) is 5.85. The zero-order valence-electron chi connectivity index (χ0n) is 15.0. The number of urea groups is 1. The summed E-state index contributed by atoms with van der Waals surface area (Å²) in [5, 5.41) is 5.63. The topological polar surface area (TPSA) is 50.4 Å². The molecule has 2 rings (SSSR count). The van der Waals surface area contributed by atoms with E-state index in [-0.39, 0.29) is 6.03 Å². The second-order valence-corrected chi connectivity index (χ2v) is 6.40. The molecule has 2 aromatic carbocycles. The first kappa shape index (κ1) is 17.9. The van der Waals surface area contributed by atoms with Gasteiger partial charge in [-0.2, -0.15) is 0 Å². The predicted molar refractivity (Wildman–Crippen MR) is 98.7 cm³/mol. The maximum Gasteiger partial charge on any atom is 0.322 e. The van der Waals surface area contributed by atoms with Crippen LogP contribution in [-0.2, 0) is 0 Å². The van der Waals surface area contributed by atoms with Gasteiger partial charge in [-0.1, -0.05) is 43.7 Å². The molecule has 1 atom stereocenters. The van der Waals surface area contributed by atoms with Crippen LogP contribution in [0.2, 0.25) is 0 Å². The van der Waals surface area contributed by atoms with Crippen molar-refractivity contribution in [2.75, 3.05) is 5.32 Å². The molecular weight excluding hydrogens is 300 g/mol. The zero-order valence-corrected chi connectivity index (χ0v) is 15.0. The highest BCUT2D eigenvalue weighted by molar-refractivity contribution is 5.90. The molecule has 0 aromatic heterocycles. The molecular formula is C20H26N2O2. The Morgan fingerprint density at radius 3 is 2.25 bits per heavy atom. The van der Waals surface area contributed by atoms with Gasteiger partial charge in [-0.05, 0) is 56.0 Å². The van der Waals surface area contributed by atoms with E-state index in [1.165, 1.54) is 11.1 Å². The van der Waals surface area contributed by atoms with E-state index in [0.29, 0.717) is 5.92 Å². The van der Waals surface area contributed by atoms with Gasteiger partial charge in [0.05, 0.1) is 0 Å². The van der Waals surface area contributed by atoms with Gasteiger partial charge < -0.3 is 15.4 Å². The SMILES string of the molecule is Cc1ccc(NC(=O)NC(C)Oc2ccc(C(C)C)cc2)c(C)c1. The Morgan fingerprint density at radius 2 is 1.67 bits per heavy atom. The fraction of sp³-hybridized carbons (Fsp3) is 0.350. The highest BCUT2D eigenvalue weighted by Gasteiger charge is 2.10. The van der Waals surface area contributed by atoms with Crippen LogP contribution in [0.4, 0.5) is 10.5 Å². The van der Waals surface area contributed by atoms with Crippen LogP contribution in [0.3, 0.4) is 0 Å². The molecule has 0 aliphatic heterocycles. The van der Waals surface area contributed by atoms with Crippen molar-refractivity contribution in [2.45, 2.75) is 46.8 Å². The van der Waals surface area contributed by atoms with Gasteiger partial charge in [0, 0.05) is 5.69 Å². The summed E-state index contributed by atoms with van der Waals surface area (Å²) in [6, 6.07) is 13.6. The van der Waals surface area contributed by atoms with E-state index in [4.69, 9.17) is 4.74 Å². The molecule has 0 fully saturated rings. The summed E-state index contributed by atoms with van der Waals surface area (Å²) < 4.78 is 5.73. The largest absolute Gasteiger partial charge is 0.471 e. The van der Waals surface area contributed by atoms with Crippen LogP contribution >= 0.6 is 0 Å². The second kappa shape index (κ2) is 7.86. The minimum absolute atomic E-state index is 0.284. The molecule has 4 heteroatoms. The number of hydrogen-bond acceptors (Lipinski definition) is 2. The number of carbonyl (C=O) groups is 1. The van der Waals surface area contributed by atoms with Crippen molar-refractivity contribution in [1.82, 2.24) is 5.32 Å². The third kappa shape index (κ3) is 5.01. The van der Waals surface area contributed by atoms with E-state index < -0.39 is 6.23 Å². The molecule has 0 aliphatic carbocycles. The first-order valence-corrected chi connectivity index (χ1v) is 8.26. The van der Waals surface area contributed by atoms with Crippen LogP contribution < -0.4 is 15.4 Å². The first-order chi connectivity index (χ1) is 11.3. The average molecular weight is 326 g/mol. The number of rotatable bonds is 5. The Hall–Kier alpha value is -2.49. The molecule has 2 amide bonds. The standard InChI is InChI=1S/C20H26N2O2/c1-13(2)17-7-9-18(10-8-17)24-16(5)21-20(23)22-19-11-6-14(3)12-15(19)4/h6-13,16H,1-5H3,(H2,21,22,23). The summed E-state index contributed by atoms with van der Waals surface area (Å²) in [5.41, 5.74) is 4.25. The van der Waals surface area contributed by atoms with E-state index in [0.717, 1.165) is 17.0 Å². The lowest BCUT2D eigenvalue weighted by atomic mass is 10.0. The zero-order chi connectivity index (χ0) is 17.7. The molecule has 0 spiro atoms. The monoisotopic (exact) mass is 326 g/mol. The van der Waals surface area contributed by atoms with Crippen molar-refractivity contribution in [3.8, 4) is 5.75 Å². The fourth-order valence-corrected chi connectivity index (χ4v) is 2.46. The van der Waals surface area contributed by atoms with Gasteiger partial charge in [0.1, 0.15) is 5.75 Å². The summed E-state index contributed by atoms with van der Waals surface area (Å²) in [6.45, 7) is 10.1. The van der Waals surface area contributed by atoms with E-state index in [9.17, 15) is 4.79 Å². The molecule has 128 valence electrons. The lowest BCUT2D eigenvalue weighted by molar-refractivity contribution is 0.183. The van der Waals surface area contributed by atoms with Gasteiger partial charge in [0.25, 0.3) is 0 Å². The average Bonchev–Trinajstić information content (AvgIpc) is 2.50. The third-order valence-electron chi connectivity index (χ3n) is 3.82. The maximum atomic E-state index is 12.1. The van der Waals surface area contributed by atoms with Crippen LogP contribution in [0.1, 0.15) is 43.4 Å². The van der Waals surface area contributed by atoms with Crippen molar-refractivity contribution in [2.24, 2.45) is 0 Å². The number of aryl methyl sites for hydroxylation is 2. The van der Waals surface area contributed by atoms with Crippen molar-refractivity contribution in [3.05, 3.63) is 59.2 Å². The molecule has 0 heterocycles. The first-order valence-electron chi connectivity index (χ1n) is 8.26. The molecule has 0 radical (unpaired) electrons. The van der Waals surface area contributed by atoms with Crippen molar-refractivity contribution < 1.29 is 9.53 Å². The van der Waals surface area contributed by atoms with Crippen molar-refractivity contribution in [3.63, 3.8) is 0 Å². The van der Waals surface area contributed by atoms with Gasteiger partial charge in [0.2, 0.25) is 0 Å². The van der Waals surface area contributed by atoms with Gasteiger partial charge in [-0.3, -0.25) is 0 Å². The third-order valence-corrected chi connectivity index (χ3v) is 3.82. The number of carbonyl (C=O) groups excluding carboxylic acids is 1. The highest BCUT2D eigenvalue weighted by Crippen LogP contribution is 2.19. The van der Waals surface area contributed by atoms with Crippen LogP contribution in [0, 0.1) is 13.8 Å². The summed E-state index contributed by atoms with van der Waals surface area (Å²) in [5.74, 6) is 1.22. The van der Waals surface area contributed by atoms with Crippen LogP contribution in [0.15, 0.2) is 42.5 Å². The number of anilines is 1. The number of benzene rings is 2. The minimum Gasteiger partial charge on any atom is -0.471 e. The molecule has 0 bridgehead atoms. The molecule has 2 N–H and O–H groups in total. The Balaban J connectivity index is 1.89. The van der Waals surface area contributed by atoms with Crippen LogP contribution in [0.25, 0.3) is 0 Å². The summed E-state index contributed by atoms with van der Waals surface area (Å²) in [6.07, 6.45) is -0.430. The molecule has 0 saturated heterocycles. The van der Waals surface area contributed by atoms with E-state index >= 15 is 0 Å². The van der Waals surface area contributed by atoms with E-state index in [2.05, 4.69) is 24.5 Å². The lowest BCUT2D eigenvalue weighted by Gasteiger charge is -2.18. The summed E-state index contributed by atoms with van der Waals surface area (Å²) >= 11 is 0. The minimum atomic E-state index is -0.430. The molecule has 0 aliphatic rings. The number of ether oxygens (including phenoxy) is 1. The number of amides is 2. The molecule has 4 nitrogen and oxygen atoms in total. The summed E-state index contributed by atoms with van der Waals surface area (Å²) in [4.78, 5) is 12.1. The quantitative estimate of drug-likeness (QED) is 0.762. The maximum absolute atomic E-state index is 12.1. The molecule has 1 unspecified atom stereocenters. The van der Waals surface area contributed by atoms with Crippen LogP contribution in [-0.4, -0.2) is 12.3 Å². The smallest absolute Gasteiger partial charge is 0.322 e. The van der Waals surface area contributed by atoms with Gasteiger partial charge in [-0.15, -0.1) is 0 Å². The second-order valence-electron chi connectivity index (χ2n) is 6.40. The Labute approximate surface area is 144 Å². The Bertz CT molecular complexity index is 693.